The molecule has 0 heterocycles. The van der Waals surface area contributed by atoms with E-state index < -0.39 is 0 Å². The van der Waals surface area contributed by atoms with Crippen molar-refractivity contribution in [1.82, 2.24) is 0 Å². The number of carbonyl (C=O) groups is 2. The van der Waals surface area contributed by atoms with Crippen LogP contribution in [0.5, 0.6) is 0 Å². The van der Waals surface area contributed by atoms with Crippen molar-refractivity contribution >= 4 is 11.8 Å². The van der Waals surface area contributed by atoms with Crippen molar-refractivity contribution in [1.29, 1.82) is 0 Å². The fraction of sp³-hybridized carbons (Fsp3) is 0.857. The third-order valence-corrected chi connectivity index (χ3v) is 3.82. The minimum Gasteiger partial charge on any atom is -0.469 e. The molecule has 1 aliphatic rings. The average Bonchev–Trinajstić information content (AvgIpc) is 2.36. The third-order valence-electron chi connectivity index (χ3n) is 3.82. The molecule has 3 nitrogen and oxygen atoms in total. The second-order valence-corrected chi connectivity index (χ2v) is 5.13. The molecule has 3 heteroatoms. The number of rotatable bonds is 6. The van der Waals surface area contributed by atoms with E-state index in [4.69, 9.17) is 0 Å². The molecule has 0 aromatic rings. The zero-order valence-corrected chi connectivity index (χ0v) is 11.0. The van der Waals surface area contributed by atoms with E-state index in [-0.39, 0.29) is 18.2 Å². The van der Waals surface area contributed by atoms with Crippen LogP contribution in [0, 0.1) is 11.8 Å². The summed E-state index contributed by atoms with van der Waals surface area (Å²) in [5.74, 6) is 1.30. The third kappa shape index (κ3) is 5.33. The Morgan fingerprint density at radius 3 is 2.53 bits per heavy atom. The highest BCUT2D eigenvalue weighted by atomic mass is 16.5. The Balaban J connectivity index is 2.23. The van der Waals surface area contributed by atoms with E-state index in [0.29, 0.717) is 18.8 Å². The monoisotopic (exact) mass is 240 g/mol. The van der Waals surface area contributed by atoms with Crippen LogP contribution < -0.4 is 0 Å². The zero-order valence-electron chi connectivity index (χ0n) is 11.0. The van der Waals surface area contributed by atoms with Crippen LogP contribution in [0.3, 0.4) is 0 Å². The number of ketones is 1. The minimum atomic E-state index is -0.284. The van der Waals surface area contributed by atoms with Crippen LogP contribution in [0.25, 0.3) is 0 Å². The van der Waals surface area contributed by atoms with Crippen molar-refractivity contribution in [3.05, 3.63) is 0 Å². The summed E-state index contributed by atoms with van der Waals surface area (Å²) in [6.07, 6.45) is 7.43. The second kappa shape index (κ2) is 7.46. The van der Waals surface area contributed by atoms with Crippen molar-refractivity contribution in [2.45, 2.75) is 58.3 Å². The Labute approximate surface area is 104 Å². The number of hydrogen-bond donors (Lipinski definition) is 0. The normalized spacial score (nSPS) is 24.4. The van der Waals surface area contributed by atoms with Gasteiger partial charge in [0.1, 0.15) is 5.78 Å². The first-order chi connectivity index (χ1) is 8.15. The molecule has 1 saturated carbocycles. The summed E-state index contributed by atoms with van der Waals surface area (Å²) in [4.78, 5) is 22.7. The van der Waals surface area contributed by atoms with Gasteiger partial charge in [0.05, 0.1) is 13.5 Å². The molecule has 0 amide bonds. The van der Waals surface area contributed by atoms with Crippen LogP contribution in [-0.4, -0.2) is 18.9 Å². The Hall–Kier alpha value is -0.860. The molecule has 0 spiro atoms. The maximum absolute atomic E-state index is 11.7. The summed E-state index contributed by atoms with van der Waals surface area (Å²) >= 11 is 0. The number of ether oxygens (including phenoxy) is 1. The zero-order chi connectivity index (χ0) is 12.7. The van der Waals surface area contributed by atoms with Gasteiger partial charge < -0.3 is 4.74 Å². The molecule has 0 aromatic carbocycles. The Kier molecular flexibility index (Phi) is 6.23. The summed E-state index contributed by atoms with van der Waals surface area (Å²) in [7, 11) is 1.36. The van der Waals surface area contributed by atoms with Crippen molar-refractivity contribution in [3.63, 3.8) is 0 Å². The van der Waals surface area contributed by atoms with Gasteiger partial charge in [0, 0.05) is 12.8 Å². The van der Waals surface area contributed by atoms with Gasteiger partial charge in [-0.25, -0.2) is 0 Å². The van der Waals surface area contributed by atoms with E-state index in [1.54, 1.807) is 0 Å². The molecule has 98 valence electrons. The van der Waals surface area contributed by atoms with Crippen LogP contribution in [0.1, 0.15) is 58.3 Å². The van der Waals surface area contributed by atoms with Gasteiger partial charge in [0.25, 0.3) is 0 Å². The molecule has 0 N–H and O–H groups in total. The number of Topliss-reactive ketones (excluding diaryl/α,β-unsaturated/α-hetero) is 1. The predicted octanol–water partition coefficient (Wildman–Crippen LogP) is 3.12. The van der Waals surface area contributed by atoms with E-state index in [0.717, 1.165) is 5.92 Å². The first-order valence-electron chi connectivity index (χ1n) is 6.74. The molecule has 0 radical (unpaired) electrons. The van der Waals surface area contributed by atoms with Crippen LogP contribution in [0.15, 0.2) is 0 Å². The fourth-order valence-corrected chi connectivity index (χ4v) is 2.73. The van der Waals surface area contributed by atoms with Crippen molar-refractivity contribution in [2.75, 3.05) is 7.11 Å². The van der Waals surface area contributed by atoms with Gasteiger partial charge >= 0.3 is 5.97 Å². The number of carbonyl (C=O) groups excluding carboxylic acids is 2. The average molecular weight is 240 g/mol. The quantitative estimate of drug-likeness (QED) is 0.670. The topological polar surface area (TPSA) is 43.4 Å². The molecule has 0 saturated heterocycles. The van der Waals surface area contributed by atoms with Crippen LogP contribution >= 0.6 is 0 Å². The summed E-state index contributed by atoms with van der Waals surface area (Å²) in [5, 5.41) is 0. The van der Waals surface area contributed by atoms with E-state index in [9.17, 15) is 9.59 Å². The van der Waals surface area contributed by atoms with Gasteiger partial charge in [-0.1, -0.05) is 32.6 Å². The van der Waals surface area contributed by atoms with Gasteiger partial charge in [0.15, 0.2) is 0 Å². The molecule has 17 heavy (non-hydrogen) atoms. The second-order valence-electron chi connectivity index (χ2n) is 5.13. The maximum atomic E-state index is 11.7. The van der Waals surface area contributed by atoms with Gasteiger partial charge in [-0.3, -0.25) is 9.59 Å². The summed E-state index contributed by atoms with van der Waals surface area (Å²) < 4.78 is 4.53. The lowest BCUT2D eigenvalue weighted by atomic mass is 9.78. The van der Waals surface area contributed by atoms with E-state index in [2.05, 4.69) is 11.7 Å². The van der Waals surface area contributed by atoms with Gasteiger partial charge in [-0.2, -0.15) is 0 Å². The van der Waals surface area contributed by atoms with E-state index in [1.807, 2.05) is 0 Å². The molecule has 1 rings (SSSR count). The lowest BCUT2D eigenvalue weighted by molar-refractivity contribution is -0.142. The number of hydrogen-bond acceptors (Lipinski definition) is 3. The lowest BCUT2D eigenvalue weighted by Gasteiger charge is -2.27. The smallest absolute Gasteiger partial charge is 0.305 e. The minimum absolute atomic E-state index is 0.220. The van der Waals surface area contributed by atoms with E-state index in [1.165, 1.54) is 39.2 Å². The largest absolute Gasteiger partial charge is 0.469 e. The maximum Gasteiger partial charge on any atom is 0.305 e. The van der Waals surface area contributed by atoms with Crippen LogP contribution in [0.2, 0.25) is 0 Å². The Morgan fingerprint density at radius 1 is 1.18 bits per heavy atom. The lowest BCUT2D eigenvalue weighted by Crippen LogP contribution is -2.18. The van der Waals surface area contributed by atoms with Crippen LogP contribution in [-0.2, 0) is 14.3 Å². The molecule has 2 atom stereocenters. The number of methoxy groups -OCH3 is 1. The highest BCUT2D eigenvalue weighted by Crippen LogP contribution is 2.33. The first-order valence-corrected chi connectivity index (χ1v) is 6.74. The number of esters is 1. The van der Waals surface area contributed by atoms with Gasteiger partial charge in [0.2, 0.25) is 0 Å². The summed E-state index contributed by atoms with van der Waals surface area (Å²) in [6.45, 7) is 2.23. The highest BCUT2D eigenvalue weighted by Gasteiger charge is 2.22. The molecule has 0 aliphatic heterocycles. The molecule has 2 unspecified atom stereocenters. The molecule has 0 bridgehead atoms. The standard InChI is InChI=1S/C14H24O3/c1-3-11-5-4-6-12(9-11)10-13(15)7-8-14(16)17-2/h11-12H,3-10H2,1-2H3. The van der Waals surface area contributed by atoms with E-state index >= 15 is 0 Å². The molecule has 0 aromatic heterocycles. The molecular formula is C14H24O3. The fourth-order valence-electron chi connectivity index (χ4n) is 2.73. The molecule has 1 fully saturated rings. The summed E-state index contributed by atoms with van der Waals surface area (Å²) in [6, 6.07) is 0. The van der Waals surface area contributed by atoms with Gasteiger partial charge in [-0.05, 0) is 18.3 Å². The molecular weight excluding hydrogens is 216 g/mol. The van der Waals surface area contributed by atoms with Crippen molar-refractivity contribution in [3.8, 4) is 0 Å². The van der Waals surface area contributed by atoms with Gasteiger partial charge in [-0.15, -0.1) is 0 Å². The van der Waals surface area contributed by atoms with Crippen molar-refractivity contribution in [2.24, 2.45) is 11.8 Å². The summed E-state index contributed by atoms with van der Waals surface area (Å²) in [5.41, 5.74) is 0. The Morgan fingerprint density at radius 2 is 1.88 bits per heavy atom. The molecule has 1 aliphatic carbocycles. The van der Waals surface area contributed by atoms with Crippen molar-refractivity contribution < 1.29 is 14.3 Å². The SMILES string of the molecule is CCC1CCCC(CC(=O)CCC(=O)OC)C1. The predicted molar refractivity (Wildman–Crippen MR) is 66.6 cm³/mol. The highest BCUT2D eigenvalue weighted by molar-refractivity contribution is 5.83. The van der Waals surface area contributed by atoms with Crippen LogP contribution in [0.4, 0.5) is 0 Å². The first kappa shape index (κ1) is 14.2. The Bertz CT molecular complexity index is 260.